The average Bonchev–Trinajstić information content (AvgIpc) is 2.73. The van der Waals surface area contributed by atoms with E-state index in [1.54, 1.807) is 6.92 Å². The Kier molecular flexibility index (Phi) is 4.11. The summed E-state index contributed by atoms with van der Waals surface area (Å²) in [7, 11) is 0. The van der Waals surface area contributed by atoms with Gasteiger partial charge in [-0.25, -0.2) is 0 Å². The van der Waals surface area contributed by atoms with Gasteiger partial charge >= 0.3 is 0 Å². The van der Waals surface area contributed by atoms with E-state index in [0.717, 1.165) is 11.3 Å². The van der Waals surface area contributed by atoms with Gasteiger partial charge in [-0.3, -0.25) is 9.59 Å². The highest BCUT2D eigenvalue weighted by atomic mass is 16.5. The first kappa shape index (κ1) is 14.8. The molecule has 2 aromatic rings. The van der Waals surface area contributed by atoms with E-state index >= 15 is 0 Å². The molecule has 2 rings (SSSR count). The zero-order valence-corrected chi connectivity index (χ0v) is 12.2. The topological polar surface area (TPSA) is 103 Å². The highest BCUT2D eigenvalue weighted by Crippen LogP contribution is 2.20. The van der Waals surface area contributed by atoms with Crippen molar-refractivity contribution in [2.45, 2.75) is 33.4 Å². The molecule has 1 atom stereocenters. The van der Waals surface area contributed by atoms with Gasteiger partial charge in [-0.1, -0.05) is 5.16 Å². The molecule has 21 heavy (non-hydrogen) atoms. The Bertz CT molecular complexity index is 698. The molecule has 0 aromatic carbocycles. The first-order valence-corrected chi connectivity index (χ1v) is 6.56. The quantitative estimate of drug-likeness (QED) is 0.871. The van der Waals surface area contributed by atoms with Crippen LogP contribution in [0.2, 0.25) is 0 Å². The first-order valence-electron chi connectivity index (χ1n) is 6.56. The van der Waals surface area contributed by atoms with E-state index in [1.165, 1.54) is 22.9 Å². The van der Waals surface area contributed by atoms with Crippen LogP contribution in [0.15, 0.2) is 27.6 Å². The van der Waals surface area contributed by atoms with E-state index in [9.17, 15) is 9.59 Å². The lowest BCUT2D eigenvalue weighted by molar-refractivity contribution is -0.122. The van der Waals surface area contributed by atoms with Gasteiger partial charge in [0, 0.05) is 23.5 Å². The van der Waals surface area contributed by atoms with E-state index in [4.69, 9.17) is 10.3 Å². The number of hydrogen-bond donors (Lipinski definition) is 2. The largest absolute Gasteiger partial charge is 0.398 e. The van der Waals surface area contributed by atoms with Crippen molar-refractivity contribution in [1.29, 1.82) is 0 Å². The van der Waals surface area contributed by atoms with E-state index in [-0.39, 0.29) is 24.1 Å². The highest BCUT2D eigenvalue weighted by molar-refractivity contribution is 5.76. The van der Waals surface area contributed by atoms with Crippen molar-refractivity contribution in [2.24, 2.45) is 0 Å². The lowest BCUT2D eigenvalue weighted by Crippen LogP contribution is -2.33. The normalized spacial score (nSPS) is 12.1. The molecule has 1 amide bonds. The standard InChI is InChI=1S/C14H18N4O3/c1-8(14-9(2)17-21-10(14)3)16-12(19)7-18-6-11(15)4-5-13(18)20/h4-6,8H,7,15H2,1-3H3,(H,16,19). The van der Waals surface area contributed by atoms with E-state index in [0.29, 0.717) is 11.4 Å². The van der Waals surface area contributed by atoms with Crippen molar-refractivity contribution in [1.82, 2.24) is 15.0 Å². The molecule has 2 heterocycles. The van der Waals surface area contributed by atoms with Gasteiger partial charge in [0.25, 0.3) is 5.56 Å². The Morgan fingerprint density at radius 3 is 2.81 bits per heavy atom. The molecule has 0 aliphatic rings. The molecule has 3 N–H and O–H groups in total. The SMILES string of the molecule is Cc1noc(C)c1C(C)NC(=O)Cn1cc(N)ccc1=O. The average molecular weight is 290 g/mol. The van der Waals surface area contributed by atoms with Crippen molar-refractivity contribution >= 4 is 11.6 Å². The van der Waals surface area contributed by atoms with Gasteiger partial charge in [0.1, 0.15) is 12.3 Å². The van der Waals surface area contributed by atoms with Gasteiger partial charge in [-0.05, 0) is 26.8 Å². The Labute approximate surface area is 121 Å². The van der Waals surface area contributed by atoms with Crippen molar-refractivity contribution < 1.29 is 9.32 Å². The summed E-state index contributed by atoms with van der Waals surface area (Å²) in [5.41, 5.74) is 7.35. The molecule has 7 nitrogen and oxygen atoms in total. The minimum atomic E-state index is -0.282. The number of nitrogen functional groups attached to an aromatic ring is 1. The summed E-state index contributed by atoms with van der Waals surface area (Å²) in [5, 5.41) is 6.68. The second kappa shape index (κ2) is 5.82. The van der Waals surface area contributed by atoms with Crippen LogP contribution in [0.4, 0.5) is 5.69 Å². The first-order chi connectivity index (χ1) is 9.88. The molecule has 2 aromatic heterocycles. The Balaban J connectivity index is 2.08. The monoisotopic (exact) mass is 290 g/mol. The molecule has 0 saturated heterocycles. The second-order valence-electron chi connectivity index (χ2n) is 4.96. The number of hydrogen-bond acceptors (Lipinski definition) is 5. The maximum Gasteiger partial charge on any atom is 0.251 e. The number of carbonyl (C=O) groups is 1. The number of carbonyl (C=O) groups excluding carboxylic acids is 1. The van der Waals surface area contributed by atoms with E-state index in [2.05, 4.69) is 10.5 Å². The van der Waals surface area contributed by atoms with Gasteiger partial charge in [-0.2, -0.15) is 0 Å². The fraction of sp³-hybridized carbons (Fsp3) is 0.357. The van der Waals surface area contributed by atoms with Crippen LogP contribution in [0.3, 0.4) is 0 Å². The van der Waals surface area contributed by atoms with Crippen molar-refractivity contribution in [3.63, 3.8) is 0 Å². The molecular formula is C14H18N4O3. The molecular weight excluding hydrogens is 272 g/mol. The molecule has 0 fully saturated rings. The number of pyridine rings is 1. The van der Waals surface area contributed by atoms with Crippen LogP contribution in [0.1, 0.15) is 30.0 Å². The molecule has 0 radical (unpaired) electrons. The predicted molar refractivity (Wildman–Crippen MR) is 77.6 cm³/mol. The second-order valence-corrected chi connectivity index (χ2v) is 4.96. The zero-order valence-electron chi connectivity index (χ0n) is 12.2. The highest BCUT2D eigenvalue weighted by Gasteiger charge is 2.18. The third-order valence-corrected chi connectivity index (χ3v) is 3.22. The fourth-order valence-electron chi connectivity index (χ4n) is 2.30. The van der Waals surface area contributed by atoms with Crippen molar-refractivity contribution in [3.8, 4) is 0 Å². The third-order valence-electron chi connectivity index (χ3n) is 3.22. The Hall–Kier alpha value is -2.57. The third kappa shape index (κ3) is 3.31. The summed E-state index contributed by atoms with van der Waals surface area (Å²) in [6, 6.07) is 2.59. The summed E-state index contributed by atoms with van der Waals surface area (Å²) < 4.78 is 6.35. The molecule has 0 spiro atoms. The van der Waals surface area contributed by atoms with E-state index < -0.39 is 0 Å². The number of nitrogens with two attached hydrogens (primary N) is 1. The molecule has 1 unspecified atom stereocenters. The van der Waals surface area contributed by atoms with Crippen molar-refractivity contribution in [2.75, 3.05) is 5.73 Å². The minimum absolute atomic E-state index is 0.0857. The van der Waals surface area contributed by atoms with E-state index in [1.807, 2.05) is 13.8 Å². The van der Waals surface area contributed by atoms with Crippen LogP contribution >= 0.6 is 0 Å². The number of aryl methyl sites for hydroxylation is 2. The summed E-state index contributed by atoms with van der Waals surface area (Å²) in [6.07, 6.45) is 1.45. The maximum absolute atomic E-state index is 12.0. The zero-order chi connectivity index (χ0) is 15.6. The number of aromatic nitrogens is 2. The lowest BCUT2D eigenvalue weighted by Gasteiger charge is -2.14. The number of nitrogens with one attached hydrogen (secondary N) is 1. The van der Waals surface area contributed by atoms with Gasteiger partial charge in [0.2, 0.25) is 5.91 Å². The summed E-state index contributed by atoms with van der Waals surface area (Å²) >= 11 is 0. The van der Waals surface area contributed by atoms with Crippen molar-refractivity contribution in [3.05, 3.63) is 45.7 Å². The molecule has 0 aliphatic carbocycles. The summed E-state index contributed by atoms with van der Waals surface area (Å²) in [6.45, 7) is 5.36. The minimum Gasteiger partial charge on any atom is -0.398 e. The molecule has 7 heteroatoms. The number of rotatable bonds is 4. The fourth-order valence-corrected chi connectivity index (χ4v) is 2.30. The molecule has 0 aliphatic heterocycles. The van der Waals surface area contributed by atoms with Crippen LogP contribution < -0.4 is 16.6 Å². The smallest absolute Gasteiger partial charge is 0.251 e. The van der Waals surface area contributed by atoms with Crippen LogP contribution in [0, 0.1) is 13.8 Å². The number of nitrogens with zero attached hydrogens (tertiary/aromatic N) is 2. The van der Waals surface area contributed by atoms with Gasteiger partial charge < -0.3 is 20.1 Å². The van der Waals surface area contributed by atoms with Gasteiger partial charge in [0.05, 0.1) is 11.7 Å². The maximum atomic E-state index is 12.0. The molecule has 0 bridgehead atoms. The Morgan fingerprint density at radius 2 is 2.19 bits per heavy atom. The van der Waals surface area contributed by atoms with Crippen LogP contribution in [-0.2, 0) is 11.3 Å². The Morgan fingerprint density at radius 1 is 1.48 bits per heavy atom. The lowest BCUT2D eigenvalue weighted by atomic mass is 10.1. The number of anilines is 1. The van der Waals surface area contributed by atoms with Gasteiger partial charge in [0.15, 0.2) is 0 Å². The van der Waals surface area contributed by atoms with Crippen LogP contribution in [-0.4, -0.2) is 15.6 Å². The molecule has 112 valence electrons. The van der Waals surface area contributed by atoms with Gasteiger partial charge in [-0.15, -0.1) is 0 Å². The molecule has 0 saturated carbocycles. The van der Waals surface area contributed by atoms with Crippen LogP contribution in [0.5, 0.6) is 0 Å². The van der Waals surface area contributed by atoms with Crippen LogP contribution in [0.25, 0.3) is 0 Å². The number of amides is 1. The summed E-state index contributed by atoms with van der Waals surface area (Å²) in [5.74, 6) is 0.386. The summed E-state index contributed by atoms with van der Waals surface area (Å²) in [4.78, 5) is 23.7. The predicted octanol–water partition coefficient (Wildman–Crippen LogP) is 0.913.